The highest BCUT2D eigenvalue weighted by atomic mass is 16.3. The van der Waals surface area contributed by atoms with Gasteiger partial charge in [-0.2, -0.15) is 10.2 Å². The summed E-state index contributed by atoms with van der Waals surface area (Å²) in [6.07, 6.45) is 6.98. The third-order valence-electron chi connectivity index (χ3n) is 8.39. The van der Waals surface area contributed by atoms with Crippen LogP contribution in [-0.4, -0.2) is 79.2 Å². The highest BCUT2D eigenvalue weighted by Crippen LogP contribution is 2.33. The number of aliphatic hydroxyl groups is 1. The molecular weight excluding hydrogens is 572 g/mol. The Balaban J connectivity index is 1.46. The maximum absolute atomic E-state index is 13.8. The average Bonchev–Trinajstić information content (AvgIpc) is 3.65. The number of nitrogens with zero attached hydrogens (tertiary/aromatic N) is 5. The first-order valence-corrected chi connectivity index (χ1v) is 15.6. The van der Waals surface area contributed by atoms with Crippen LogP contribution in [0.4, 0.5) is 0 Å². The molecule has 45 heavy (non-hydrogen) atoms. The standard InChI is InChI=1S/C33H44N8O4/c1-21-14-22(2)38-31(44)27(21)18-35-30(43)26-15-23(24-17-36-40(20-24)12-8-34-9-13-42)16-29-28(26)19-37-41(29)25-6-10-39(11-7-25)32(45)33(3,4)5/h14-17,19-20,25,34,42H,6-13,18H2,1-5H3,(H,35,43)(H,38,44). The second-order valence-electron chi connectivity index (χ2n) is 12.9. The molecule has 0 radical (unpaired) electrons. The number of aliphatic hydroxyl groups excluding tert-OH is 1. The van der Waals surface area contributed by atoms with Gasteiger partial charge in [-0.1, -0.05) is 20.8 Å². The maximum Gasteiger partial charge on any atom is 0.253 e. The maximum atomic E-state index is 13.8. The van der Waals surface area contributed by atoms with Crippen molar-refractivity contribution in [2.24, 2.45) is 5.41 Å². The summed E-state index contributed by atoms with van der Waals surface area (Å²) in [7, 11) is 0. The van der Waals surface area contributed by atoms with Crippen molar-refractivity contribution in [3.63, 3.8) is 0 Å². The van der Waals surface area contributed by atoms with Crippen LogP contribution in [0.3, 0.4) is 0 Å². The largest absolute Gasteiger partial charge is 0.395 e. The van der Waals surface area contributed by atoms with Crippen LogP contribution in [0.2, 0.25) is 0 Å². The number of nitrogens with one attached hydrogen (secondary N) is 3. The van der Waals surface area contributed by atoms with E-state index < -0.39 is 5.41 Å². The van der Waals surface area contributed by atoms with Crippen LogP contribution in [0.5, 0.6) is 0 Å². The predicted molar refractivity (Wildman–Crippen MR) is 173 cm³/mol. The van der Waals surface area contributed by atoms with Crippen LogP contribution in [0.25, 0.3) is 22.0 Å². The van der Waals surface area contributed by atoms with E-state index in [1.165, 1.54) is 0 Å². The molecule has 4 heterocycles. The number of hydrogen-bond acceptors (Lipinski definition) is 7. The Kier molecular flexibility index (Phi) is 9.54. The van der Waals surface area contributed by atoms with Crippen LogP contribution in [0.1, 0.15) is 66.8 Å². The molecule has 4 aromatic rings. The minimum atomic E-state index is -0.427. The van der Waals surface area contributed by atoms with Crippen molar-refractivity contribution in [1.82, 2.24) is 40.1 Å². The van der Waals surface area contributed by atoms with Gasteiger partial charge in [-0.25, -0.2) is 0 Å². The number of aromatic nitrogens is 5. The van der Waals surface area contributed by atoms with Crippen molar-refractivity contribution in [3.05, 3.63) is 69.5 Å². The SMILES string of the molecule is Cc1cc(C)c(CNC(=O)c2cc(-c3cnn(CCNCCO)c3)cc3c2cnn3C2CCN(C(=O)C(C)(C)C)CC2)c(=O)[nH]1. The van der Waals surface area contributed by atoms with Crippen LogP contribution < -0.4 is 16.2 Å². The molecule has 240 valence electrons. The lowest BCUT2D eigenvalue weighted by Gasteiger charge is -2.36. The monoisotopic (exact) mass is 616 g/mol. The molecular formula is C33H44N8O4. The quantitative estimate of drug-likeness (QED) is 0.200. The van der Waals surface area contributed by atoms with Crippen LogP contribution in [0.15, 0.2) is 41.6 Å². The van der Waals surface area contributed by atoms with E-state index in [-0.39, 0.29) is 36.6 Å². The van der Waals surface area contributed by atoms with E-state index in [0.29, 0.717) is 43.9 Å². The van der Waals surface area contributed by atoms with E-state index in [2.05, 4.69) is 20.7 Å². The van der Waals surface area contributed by atoms with E-state index in [0.717, 1.165) is 46.1 Å². The molecule has 12 heteroatoms. The van der Waals surface area contributed by atoms with E-state index in [4.69, 9.17) is 10.2 Å². The van der Waals surface area contributed by atoms with Crippen molar-refractivity contribution < 1.29 is 14.7 Å². The molecule has 1 saturated heterocycles. The number of aromatic amines is 1. The summed E-state index contributed by atoms with van der Waals surface area (Å²) in [5, 5.41) is 25.1. The smallest absolute Gasteiger partial charge is 0.253 e. The molecule has 0 aliphatic carbocycles. The van der Waals surface area contributed by atoms with Gasteiger partial charge in [0.15, 0.2) is 0 Å². The molecule has 1 aromatic carbocycles. The van der Waals surface area contributed by atoms with Gasteiger partial charge in [-0.3, -0.25) is 23.7 Å². The van der Waals surface area contributed by atoms with Crippen molar-refractivity contribution in [2.45, 2.75) is 66.6 Å². The fourth-order valence-corrected chi connectivity index (χ4v) is 5.98. The van der Waals surface area contributed by atoms with Gasteiger partial charge in [0.2, 0.25) is 5.91 Å². The van der Waals surface area contributed by atoms with Gasteiger partial charge in [0.1, 0.15) is 0 Å². The van der Waals surface area contributed by atoms with E-state index in [1.807, 2.05) is 73.3 Å². The van der Waals surface area contributed by atoms with E-state index >= 15 is 0 Å². The number of carbonyl (C=O) groups excluding carboxylic acids is 2. The molecule has 2 amide bonds. The number of likely N-dealkylation sites (tertiary alicyclic amines) is 1. The summed E-state index contributed by atoms with van der Waals surface area (Å²) < 4.78 is 3.82. The van der Waals surface area contributed by atoms with Crippen LogP contribution >= 0.6 is 0 Å². The summed E-state index contributed by atoms with van der Waals surface area (Å²) in [5.74, 6) is -0.147. The average molecular weight is 617 g/mol. The number of aryl methyl sites for hydroxylation is 2. The first-order chi connectivity index (χ1) is 21.5. The molecule has 1 aliphatic rings. The van der Waals surface area contributed by atoms with Gasteiger partial charge < -0.3 is 25.6 Å². The van der Waals surface area contributed by atoms with Crippen molar-refractivity contribution in [1.29, 1.82) is 0 Å². The first-order valence-electron chi connectivity index (χ1n) is 15.6. The Hall–Kier alpha value is -4.29. The third kappa shape index (κ3) is 7.18. The predicted octanol–water partition coefficient (Wildman–Crippen LogP) is 2.93. The molecule has 12 nitrogen and oxygen atoms in total. The minimum absolute atomic E-state index is 0.0757. The molecule has 0 unspecified atom stereocenters. The summed E-state index contributed by atoms with van der Waals surface area (Å²) in [5.41, 5.74) is 4.46. The minimum Gasteiger partial charge on any atom is -0.395 e. The summed E-state index contributed by atoms with van der Waals surface area (Å²) in [6, 6.07) is 5.87. The van der Waals surface area contributed by atoms with Gasteiger partial charge in [-0.05, 0) is 56.0 Å². The van der Waals surface area contributed by atoms with Gasteiger partial charge in [0.25, 0.3) is 11.5 Å². The first kappa shape index (κ1) is 32.1. The van der Waals surface area contributed by atoms with E-state index in [9.17, 15) is 14.4 Å². The van der Waals surface area contributed by atoms with Gasteiger partial charge >= 0.3 is 0 Å². The lowest BCUT2D eigenvalue weighted by molar-refractivity contribution is -0.140. The normalized spacial score (nSPS) is 14.3. The number of carbonyl (C=O) groups is 2. The molecule has 0 spiro atoms. The molecule has 3 aromatic heterocycles. The number of benzene rings is 1. The summed E-state index contributed by atoms with van der Waals surface area (Å²) >= 11 is 0. The number of piperidine rings is 1. The molecule has 1 aliphatic heterocycles. The second kappa shape index (κ2) is 13.4. The number of fused-ring (bicyclic) bond motifs is 1. The number of pyridine rings is 1. The Morgan fingerprint density at radius 1 is 1.04 bits per heavy atom. The fourth-order valence-electron chi connectivity index (χ4n) is 5.98. The number of amides is 2. The molecule has 4 N–H and O–H groups in total. The third-order valence-corrected chi connectivity index (χ3v) is 8.39. The topological polar surface area (TPSA) is 150 Å². The Morgan fingerprint density at radius 2 is 1.80 bits per heavy atom. The highest BCUT2D eigenvalue weighted by Gasteiger charge is 2.31. The van der Waals surface area contributed by atoms with Crippen molar-refractivity contribution in [2.75, 3.05) is 32.8 Å². The Labute approximate surface area is 262 Å². The van der Waals surface area contributed by atoms with Gasteiger partial charge in [-0.15, -0.1) is 0 Å². The second-order valence-corrected chi connectivity index (χ2v) is 12.9. The van der Waals surface area contributed by atoms with Crippen LogP contribution in [0, 0.1) is 19.3 Å². The summed E-state index contributed by atoms with van der Waals surface area (Å²) in [6.45, 7) is 12.8. The van der Waals surface area contributed by atoms with Gasteiger partial charge in [0, 0.05) is 66.5 Å². The Bertz CT molecular complexity index is 1740. The van der Waals surface area contributed by atoms with Crippen molar-refractivity contribution in [3.8, 4) is 11.1 Å². The highest BCUT2D eigenvalue weighted by molar-refractivity contribution is 6.08. The molecule has 0 atom stereocenters. The lowest BCUT2D eigenvalue weighted by Crippen LogP contribution is -2.44. The summed E-state index contributed by atoms with van der Waals surface area (Å²) in [4.78, 5) is 44.0. The number of H-pyrrole nitrogens is 1. The van der Waals surface area contributed by atoms with Crippen molar-refractivity contribution >= 4 is 22.7 Å². The molecule has 0 saturated carbocycles. The molecule has 5 rings (SSSR count). The lowest BCUT2D eigenvalue weighted by atomic mass is 9.93. The zero-order valence-electron chi connectivity index (χ0n) is 26.8. The zero-order chi connectivity index (χ0) is 32.3. The number of hydrogen-bond donors (Lipinski definition) is 4. The molecule has 0 bridgehead atoms. The van der Waals surface area contributed by atoms with Gasteiger partial charge in [0.05, 0.1) is 42.7 Å². The molecule has 1 fully saturated rings. The fraction of sp³-hybridized carbons (Fsp3) is 0.485. The Morgan fingerprint density at radius 3 is 2.49 bits per heavy atom. The van der Waals surface area contributed by atoms with Crippen LogP contribution in [-0.2, 0) is 17.9 Å². The number of rotatable bonds is 10. The van der Waals surface area contributed by atoms with E-state index in [1.54, 1.807) is 12.4 Å². The zero-order valence-corrected chi connectivity index (χ0v) is 26.8.